The van der Waals surface area contributed by atoms with Crippen LogP contribution in [0.5, 0.6) is 0 Å². The highest BCUT2D eigenvalue weighted by atomic mass is 32.2. The van der Waals surface area contributed by atoms with E-state index in [0.717, 1.165) is 0 Å². The summed E-state index contributed by atoms with van der Waals surface area (Å²) in [6.45, 7) is -1.90. The van der Waals surface area contributed by atoms with Crippen LogP contribution in [0.3, 0.4) is 0 Å². The summed E-state index contributed by atoms with van der Waals surface area (Å²) in [6, 6.07) is 7.14. The Morgan fingerprint density at radius 3 is 1.95 bits per heavy atom. The number of hydrogen-bond acceptors (Lipinski definition) is 5. The first-order valence-corrected chi connectivity index (χ1v) is 7.11. The summed E-state index contributed by atoms with van der Waals surface area (Å²) < 4.78 is 24.8. The average molecular weight is 312 g/mol. The van der Waals surface area contributed by atoms with Gasteiger partial charge in [-0.1, -0.05) is 12.1 Å². The summed E-state index contributed by atoms with van der Waals surface area (Å²) in [6.07, 6.45) is 0.105. The Morgan fingerprint density at radius 1 is 1.10 bits per heavy atom. The number of sulfonamides is 1. The Bertz CT molecular complexity index is 659. The lowest BCUT2D eigenvalue weighted by molar-refractivity contribution is -0.139. The molecule has 2 N–H and O–H groups in total. The molecule has 0 amide bonds. The molecule has 0 unspecified atom stereocenters. The summed E-state index contributed by atoms with van der Waals surface area (Å²) >= 11 is 0. The molecule has 9 heteroatoms. The summed E-state index contributed by atoms with van der Waals surface area (Å²) in [4.78, 5) is 21.1. The van der Waals surface area contributed by atoms with E-state index in [4.69, 9.17) is 15.5 Å². The molecule has 0 aromatic heterocycles. The normalized spacial score (nSPS) is 11.0. The number of aliphatic carboxylic acids is 2. The number of carboxylic acid groups (broad SMARTS) is 2. The summed E-state index contributed by atoms with van der Waals surface area (Å²) in [5.41, 5.74) is 0.597. The minimum absolute atomic E-state index is 0.105. The Labute approximate surface area is 120 Å². The van der Waals surface area contributed by atoms with Crippen LogP contribution in [0, 0.1) is 11.3 Å². The van der Waals surface area contributed by atoms with Crippen molar-refractivity contribution < 1.29 is 28.2 Å². The maximum atomic E-state index is 12.2. The van der Waals surface area contributed by atoms with Crippen molar-refractivity contribution in [3.63, 3.8) is 0 Å². The zero-order valence-corrected chi connectivity index (χ0v) is 11.6. The number of nitrogens with zero attached hydrogens (tertiary/aromatic N) is 2. The van der Waals surface area contributed by atoms with Crippen LogP contribution in [0.4, 0.5) is 0 Å². The lowest BCUT2D eigenvalue weighted by Crippen LogP contribution is -2.39. The summed E-state index contributed by atoms with van der Waals surface area (Å²) in [7, 11) is -4.23. The van der Waals surface area contributed by atoms with Gasteiger partial charge in [0.15, 0.2) is 0 Å². The van der Waals surface area contributed by atoms with Gasteiger partial charge in [-0.2, -0.15) is 9.57 Å². The third-order valence-corrected chi connectivity index (χ3v) is 4.27. The average Bonchev–Trinajstić information content (AvgIpc) is 2.38. The Morgan fingerprint density at radius 2 is 1.57 bits per heavy atom. The summed E-state index contributed by atoms with van der Waals surface area (Å²) in [5, 5.41) is 25.9. The SMILES string of the molecule is N#CCc1ccc(S(=O)(=O)N(CC(=O)O)CC(=O)O)cc1. The lowest BCUT2D eigenvalue weighted by atomic mass is 10.2. The van der Waals surface area contributed by atoms with Crippen LogP contribution in [0.1, 0.15) is 5.56 Å². The first-order valence-electron chi connectivity index (χ1n) is 5.67. The van der Waals surface area contributed by atoms with Gasteiger partial charge in [0, 0.05) is 0 Å². The van der Waals surface area contributed by atoms with E-state index >= 15 is 0 Å². The minimum Gasteiger partial charge on any atom is -0.480 e. The second-order valence-electron chi connectivity index (χ2n) is 4.04. The molecule has 0 saturated carbocycles. The van der Waals surface area contributed by atoms with Crippen LogP contribution in [-0.2, 0) is 26.0 Å². The molecule has 0 aliphatic heterocycles. The maximum Gasteiger partial charge on any atom is 0.318 e. The molecular formula is C12H12N2O6S. The van der Waals surface area contributed by atoms with Gasteiger partial charge >= 0.3 is 11.9 Å². The van der Waals surface area contributed by atoms with Gasteiger partial charge in [0.1, 0.15) is 13.1 Å². The molecule has 0 spiro atoms. The fraction of sp³-hybridized carbons (Fsp3) is 0.250. The van der Waals surface area contributed by atoms with E-state index < -0.39 is 35.1 Å². The van der Waals surface area contributed by atoms with Gasteiger partial charge < -0.3 is 10.2 Å². The topological polar surface area (TPSA) is 136 Å². The highest BCUT2D eigenvalue weighted by Crippen LogP contribution is 2.16. The Kier molecular flexibility index (Phi) is 5.40. The number of rotatable bonds is 7. The first kappa shape index (κ1) is 16.6. The van der Waals surface area contributed by atoms with Crippen molar-refractivity contribution in [3.8, 4) is 6.07 Å². The molecule has 0 saturated heterocycles. The highest BCUT2D eigenvalue weighted by Gasteiger charge is 2.28. The van der Waals surface area contributed by atoms with E-state index in [1.165, 1.54) is 24.3 Å². The number of hydrogen-bond donors (Lipinski definition) is 2. The second-order valence-corrected chi connectivity index (χ2v) is 5.98. The number of benzene rings is 1. The molecule has 0 bridgehead atoms. The zero-order valence-electron chi connectivity index (χ0n) is 10.8. The predicted molar refractivity (Wildman–Crippen MR) is 69.8 cm³/mol. The van der Waals surface area contributed by atoms with Crippen LogP contribution in [0.25, 0.3) is 0 Å². The molecule has 0 aliphatic rings. The summed E-state index contributed by atoms with van der Waals surface area (Å²) in [5.74, 6) is -2.91. The van der Waals surface area contributed by atoms with Crippen LogP contribution in [0.15, 0.2) is 29.2 Å². The fourth-order valence-corrected chi connectivity index (χ4v) is 2.89. The van der Waals surface area contributed by atoms with Crippen molar-refractivity contribution in [2.45, 2.75) is 11.3 Å². The number of carbonyl (C=O) groups is 2. The van der Waals surface area contributed by atoms with Crippen molar-refractivity contribution in [3.05, 3.63) is 29.8 Å². The van der Waals surface area contributed by atoms with Gasteiger partial charge in [0.05, 0.1) is 17.4 Å². The molecule has 0 radical (unpaired) electrons. The number of carboxylic acids is 2. The third kappa shape index (κ3) is 4.55. The van der Waals surface area contributed by atoms with Crippen molar-refractivity contribution in [1.82, 2.24) is 4.31 Å². The molecule has 112 valence electrons. The minimum atomic E-state index is -4.23. The van der Waals surface area contributed by atoms with Crippen LogP contribution in [-0.4, -0.2) is 48.0 Å². The second kappa shape index (κ2) is 6.83. The molecule has 1 aromatic rings. The fourth-order valence-electron chi connectivity index (χ4n) is 1.55. The van der Waals surface area contributed by atoms with Crippen molar-refractivity contribution in [2.75, 3.05) is 13.1 Å². The smallest absolute Gasteiger partial charge is 0.318 e. The molecule has 0 heterocycles. The highest BCUT2D eigenvalue weighted by molar-refractivity contribution is 7.89. The molecule has 1 rings (SSSR count). The van der Waals surface area contributed by atoms with Gasteiger partial charge in [-0.05, 0) is 17.7 Å². The van der Waals surface area contributed by atoms with E-state index in [1.54, 1.807) is 0 Å². The van der Waals surface area contributed by atoms with Gasteiger partial charge in [0.25, 0.3) is 0 Å². The van der Waals surface area contributed by atoms with E-state index in [2.05, 4.69) is 0 Å². The van der Waals surface area contributed by atoms with Gasteiger partial charge in [-0.15, -0.1) is 0 Å². The Hall–Kier alpha value is -2.44. The maximum absolute atomic E-state index is 12.2. The standard InChI is InChI=1S/C12H12N2O6S/c13-6-5-9-1-3-10(4-2-9)21(19,20)14(7-11(15)16)8-12(17)18/h1-4H,5,7-8H2,(H,15,16)(H,17,18). The van der Waals surface area contributed by atoms with Crippen LogP contribution in [0.2, 0.25) is 0 Å². The largest absolute Gasteiger partial charge is 0.480 e. The molecule has 0 atom stereocenters. The van der Waals surface area contributed by atoms with Crippen molar-refractivity contribution >= 4 is 22.0 Å². The molecular weight excluding hydrogens is 300 g/mol. The molecule has 0 fully saturated rings. The van der Waals surface area contributed by atoms with Gasteiger partial charge in [0.2, 0.25) is 10.0 Å². The molecule has 0 aliphatic carbocycles. The van der Waals surface area contributed by atoms with E-state index in [1.807, 2.05) is 6.07 Å². The third-order valence-electron chi connectivity index (χ3n) is 2.47. The molecule has 8 nitrogen and oxygen atoms in total. The van der Waals surface area contributed by atoms with E-state index in [-0.39, 0.29) is 11.3 Å². The van der Waals surface area contributed by atoms with Gasteiger partial charge in [-0.25, -0.2) is 8.42 Å². The van der Waals surface area contributed by atoms with E-state index in [0.29, 0.717) is 9.87 Å². The monoisotopic (exact) mass is 312 g/mol. The van der Waals surface area contributed by atoms with Crippen molar-refractivity contribution in [2.24, 2.45) is 0 Å². The Balaban J connectivity index is 3.12. The molecule has 21 heavy (non-hydrogen) atoms. The quantitative estimate of drug-likeness (QED) is 0.718. The lowest BCUT2D eigenvalue weighted by Gasteiger charge is -2.18. The number of nitriles is 1. The molecule has 1 aromatic carbocycles. The van der Waals surface area contributed by atoms with E-state index in [9.17, 15) is 18.0 Å². The van der Waals surface area contributed by atoms with Crippen molar-refractivity contribution in [1.29, 1.82) is 5.26 Å². The predicted octanol–water partition coefficient (Wildman–Crippen LogP) is -0.0874. The van der Waals surface area contributed by atoms with Gasteiger partial charge in [-0.3, -0.25) is 9.59 Å². The van der Waals surface area contributed by atoms with Crippen LogP contribution >= 0.6 is 0 Å². The first-order chi connectivity index (χ1) is 9.77. The zero-order chi connectivity index (χ0) is 16.0. The van der Waals surface area contributed by atoms with Crippen LogP contribution < -0.4 is 0 Å².